The van der Waals surface area contributed by atoms with Crippen molar-refractivity contribution in [2.24, 2.45) is 0 Å². The molecular weight excluding hydrogens is 220 g/mol. The van der Waals surface area contributed by atoms with Crippen molar-refractivity contribution in [3.05, 3.63) is 0 Å². The Labute approximate surface area is 105 Å². The number of nitrogens with one attached hydrogen (secondary N) is 1. The van der Waals surface area contributed by atoms with Crippen LogP contribution in [0.25, 0.3) is 0 Å². The van der Waals surface area contributed by atoms with Gasteiger partial charge in [-0.3, -0.25) is 0 Å². The maximum atomic E-state index is 5.45. The van der Waals surface area contributed by atoms with Crippen LogP contribution in [0.15, 0.2) is 0 Å². The molecule has 16 heavy (non-hydrogen) atoms. The third kappa shape index (κ3) is 3.91. The Kier molecular flexibility index (Phi) is 6.06. The molecule has 0 spiro atoms. The first-order valence-electron chi connectivity index (χ1n) is 6.22. The Bertz CT molecular complexity index is 213. The maximum absolute atomic E-state index is 5.45. The van der Waals surface area contributed by atoms with Gasteiger partial charge in [0, 0.05) is 32.3 Å². The molecule has 0 bridgehead atoms. The molecule has 1 N–H and O–H groups in total. The lowest BCUT2D eigenvalue weighted by Crippen LogP contribution is -2.51. The number of hydrogen-bond acceptors (Lipinski definition) is 2. The lowest BCUT2D eigenvalue weighted by molar-refractivity contribution is 0.184. The van der Waals surface area contributed by atoms with Crippen molar-refractivity contribution in [2.75, 3.05) is 20.3 Å². The largest absolute Gasteiger partial charge is 0.385 e. The van der Waals surface area contributed by atoms with Crippen molar-refractivity contribution in [1.82, 2.24) is 10.2 Å². The van der Waals surface area contributed by atoms with E-state index in [2.05, 4.69) is 24.1 Å². The van der Waals surface area contributed by atoms with Gasteiger partial charge in [0.15, 0.2) is 5.11 Å². The minimum atomic E-state index is 0.575. The highest BCUT2D eigenvalue weighted by Gasteiger charge is 2.26. The number of rotatable bonds is 4. The molecule has 1 heterocycles. The second-order valence-corrected chi connectivity index (χ2v) is 5.00. The lowest BCUT2D eigenvalue weighted by Gasteiger charge is -2.40. The lowest BCUT2D eigenvalue weighted by atomic mass is 9.98. The quantitative estimate of drug-likeness (QED) is 0.605. The predicted molar refractivity (Wildman–Crippen MR) is 71.7 cm³/mol. The molecule has 0 unspecified atom stereocenters. The molecule has 4 heteroatoms. The Morgan fingerprint density at radius 3 is 2.56 bits per heavy atom. The Balaban J connectivity index is 2.33. The van der Waals surface area contributed by atoms with Crippen molar-refractivity contribution in [2.45, 2.75) is 51.6 Å². The smallest absolute Gasteiger partial charge is 0.169 e. The number of methoxy groups -OCH3 is 1. The van der Waals surface area contributed by atoms with Gasteiger partial charge in [0.2, 0.25) is 0 Å². The summed E-state index contributed by atoms with van der Waals surface area (Å²) >= 11 is 5.45. The standard InChI is InChI=1S/C12H24N2OS/c1-10-6-4-7-11(2)14(10)12(16)13-8-5-9-15-3/h10-11H,4-9H2,1-3H3,(H,13,16)/t10-,11-/m0/s1. The normalized spacial score (nSPS) is 25.6. The molecule has 0 aromatic heterocycles. The second-order valence-electron chi connectivity index (χ2n) is 4.61. The molecular formula is C12H24N2OS. The molecule has 2 atom stereocenters. The molecule has 1 saturated heterocycles. The fraction of sp³-hybridized carbons (Fsp3) is 0.917. The van der Waals surface area contributed by atoms with Crippen LogP contribution in [-0.4, -0.2) is 42.4 Å². The highest BCUT2D eigenvalue weighted by Crippen LogP contribution is 2.22. The van der Waals surface area contributed by atoms with Crippen LogP contribution in [0.1, 0.15) is 39.5 Å². The average Bonchev–Trinajstić information content (AvgIpc) is 2.24. The molecule has 0 aromatic carbocycles. The van der Waals surface area contributed by atoms with Crippen molar-refractivity contribution >= 4 is 17.3 Å². The van der Waals surface area contributed by atoms with Crippen LogP contribution < -0.4 is 5.32 Å². The van der Waals surface area contributed by atoms with E-state index in [-0.39, 0.29) is 0 Å². The molecule has 1 aliphatic rings. The number of thiocarbonyl (C=S) groups is 1. The molecule has 1 aliphatic heterocycles. The number of likely N-dealkylation sites (tertiary alicyclic amines) is 1. The van der Waals surface area contributed by atoms with Gasteiger partial charge in [0.25, 0.3) is 0 Å². The molecule has 0 aliphatic carbocycles. The van der Waals surface area contributed by atoms with Crippen LogP contribution in [0, 0.1) is 0 Å². The van der Waals surface area contributed by atoms with E-state index < -0.39 is 0 Å². The van der Waals surface area contributed by atoms with E-state index in [4.69, 9.17) is 17.0 Å². The van der Waals surface area contributed by atoms with Crippen molar-refractivity contribution in [3.8, 4) is 0 Å². The molecule has 1 fully saturated rings. The third-order valence-electron chi connectivity index (χ3n) is 3.23. The van der Waals surface area contributed by atoms with Crippen LogP contribution in [0.5, 0.6) is 0 Å². The van der Waals surface area contributed by atoms with Crippen LogP contribution >= 0.6 is 12.2 Å². The van der Waals surface area contributed by atoms with Gasteiger partial charge in [0.05, 0.1) is 0 Å². The fourth-order valence-electron chi connectivity index (χ4n) is 2.32. The number of ether oxygens (including phenoxy) is 1. The van der Waals surface area contributed by atoms with Gasteiger partial charge < -0.3 is 15.0 Å². The van der Waals surface area contributed by atoms with Gasteiger partial charge in [-0.25, -0.2) is 0 Å². The first-order valence-corrected chi connectivity index (χ1v) is 6.62. The van der Waals surface area contributed by atoms with Crippen molar-refractivity contribution < 1.29 is 4.74 Å². The third-order valence-corrected chi connectivity index (χ3v) is 3.58. The molecule has 1 rings (SSSR count). The highest BCUT2D eigenvalue weighted by molar-refractivity contribution is 7.80. The summed E-state index contributed by atoms with van der Waals surface area (Å²) < 4.78 is 5.01. The minimum Gasteiger partial charge on any atom is -0.385 e. The Morgan fingerprint density at radius 2 is 2.00 bits per heavy atom. The average molecular weight is 244 g/mol. The Hall–Kier alpha value is -0.350. The molecule has 0 radical (unpaired) electrons. The zero-order valence-electron chi connectivity index (χ0n) is 10.7. The van der Waals surface area contributed by atoms with Crippen LogP contribution in [0.3, 0.4) is 0 Å². The monoisotopic (exact) mass is 244 g/mol. The fourth-order valence-corrected chi connectivity index (χ4v) is 2.79. The van der Waals surface area contributed by atoms with Gasteiger partial charge >= 0.3 is 0 Å². The summed E-state index contributed by atoms with van der Waals surface area (Å²) in [6, 6.07) is 1.15. The zero-order chi connectivity index (χ0) is 12.0. The first kappa shape index (κ1) is 13.7. The summed E-state index contributed by atoms with van der Waals surface area (Å²) in [7, 11) is 1.73. The van der Waals surface area contributed by atoms with Crippen LogP contribution in [0.4, 0.5) is 0 Å². The summed E-state index contributed by atoms with van der Waals surface area (Å²) in [4.78, 5) is 2.35. The molecule has 0 saturated carbocycles. The van der Waals surface area contributed by atoms with E-state index >= 15 is 0 Å². The molecule has 0 aromatic rings. The van der Waals surface area contributed by atoms with E-state index in [1.54, 1.807) is 7.11 Å². The zero-order valence-corrected chi connectivity index (χ0v) is 11.5. The van der Waals surface area contributed by atoms with Gasteiger partial charge in [-0.1, -0.05) is 0 Å². The van der Waals surface area contributed by atoms with Gasteiger partial charge in [0.1, 0.15) is 0 Å². The van der Waals surface area contributed by atoms with Gasteiger partial charge in [-0.15, -0.1) is 0 Å². The number of piperidine rings is 1. The van der Waals surface area contributed by atoms with Gasteiger partial charge in [-0.2, -0.15) is 0 Å². The van der Waals surface area contributed by atoms with E-state index in [1.165, 1.54) is 19.3 Å². The second kappa shape index (κ2) is 7.07. The van der Waals surface area contributed by atoms with Crippen molar-refractivity contribution in [1.29, 1.82) is 0 Å². The predicted octanol–water partition coefficient (Wildman–Crippen LogP) is 2.16. The molecule has 0 amide bonds. The van der Waals surface area contributed by atoms with E-state index in [0.717, 1.165) is 24.7 Å². The van der Waals surface area contributed by atoms with Crippen LogP contribution in [-0.2, 0) is 4.74 Å². The molecule has 3 nitrogen and oxygen atoms in total. The van der Waals surface area contributed by atoms with Crippen molar-refractivity contribution in [3.63, 3.8) is 0 Å². The van der Waals surface area contributed by atoms with Crippen LogP contribution in [0.2, 0.25) is 0 Å². The summed E-state index contributed by atoms with van der Waals surface area (Å²) in [5.74, 6) is 0. The van der Waals surface area contributed by atoms with Gasteiger partial charge in [-0.05, 0) is 51.7 Å². The summed E-state index contributed by atoms with van der Waals surface area (Å²) in [5.41, 5.74) is 0. The number of nitrogens with zero attached hydrogens (tertiary/aromatic N) is 1. The summed E-state index contributed by atoms with van der Waals surface area (Å²) in [5, 5.41) is 4.24. The van der Waals surface area contributed by atoms with E-state index in [9.17, 15) is 0 Å². The van der Waals surface area contributed by atoms with E-state index in [1.807, 2.05) is 0 Å². The first-order chi connectivity index (χ1) is 7.66. The highest BCUT2D eigenvalue weighted by atomic mass is 32.1. The summed E-state index contributed by atoms with van der Waals surface area (Å²) in [6.07, 6.45) is 4.84. The maximum Gasteiger partial charge on any atom is 0.169 e. The minimum absolute atomic E-state index is 0.575. The number of hydrogen-bond donors (Lipinski definition) is 1. The Morgan fingerprint density at radius 1 is 1.38 bits per heavy atom. The molecule has 94 valence electrons. The van der Waals surface area contributed by atoms with E-state index in [0.29, 0.717) is 12.1 Å². The SMILES string of the molecule is COCCCNC(=S)N1[C@@H](C)CCC[C@@H]1C. The summed E-state index contributed by atoms with van der Waals surface area (Å²) in [6.45, 7) is 6.22. The topological polar surface area (TPSA) is 24.5 Å².